The van der Waals surface area contributed by atoms with Crippen molar-refractivity contribution in [3.63, 3.8) is 0 Å². The fraction of sp³-hybridized carbons (Fsp3) is 0.250. The monoisotopic (exact) mass is 754 g/mol. The Balaban J connectivity index is 1.39. The highest BCUT2D eigenvalue weighted by Gasteiger charge is 2.59. The second-order valence-corrected chi connectivity index (χ2v) is 21.2. The number of hydrogen-bond acceptors (Lipinski definition) is 1. The first-order chi connectivity index (χ1) is 27.1. The van der Waals surface area contributed by atoms with Crippen molar-refractivity contribution in [1.82, 2.24) is 0 Å². The van der Waals surface area contributed by atoms with Crippen LogP contribution in [0.5, 0.6) is 0 Å². The Bertz CT molecular complexity index is 3020. The normalized spacial score (nSPS) is 19.1. The molecule has 0 saturated heterocycles. The van der Waals surface area contributed by atoms with Crippen molar-refractivity contribution in [2.45, 2.75) is 89.4 Å². The van der Waals surface area contributed by atoms with Gasteiger partial charge in [0.2, 0.25) is 0 Å². The molecule has 1 aromatic heterocycles. The quantitative estimate of drug-likeness (QED) is 0.145. The minimum atomic E-state index is -0.520. The van der Waals surface area contributed by atoms with E-state index in [0.29, 0.717) is 0 Å². The molecular formula is C56H50S. The average molecular weight is 755 g/mol. The summed E-state index contributed by atoms with van der Waals surface area (Å²) in [6.45, 7) is 21.1. The van der Waals surface area contributed by atoms with Crippen LogP contribution < -0.4 is 0 Å². The number of rotatable bonds is 0. The van der Waals surface area contributed by atoms with Crippen molar-refractivity contribution in [1.29, 1.82) is 0 Å². The summed E-state index contributed by atoms with van der Waals surface area (Å²) >= 11 is 1.96. The Morgan fingerprint density at radius 1 is 0.316 bits per heavy atom. The molecule has 1 heteroatoms. The third-order valence-corrected chi connectivity index (χ3v) is 15.0. The predicted molar refractivity (Wildman–Crippen MR) is 244 cm³/mol. The highest BCUT2D eigenvalue weighted by molar-refractivity contribution is 7.25. The van der Waals surface area contributed by atoms with Gasteiger partial charge in [0.15, 0.2) is 0 Å². The molecule has 2 spiro atoms. The summed E-state index contributed by atoms with van der Waals surface area (Å²) in [5, 5.41) is 2.73. The van der Waals surface area contributed by atoms with Crippen LogP contribution >= 0.6 is 11.3 Å². The lowest BCUT2D eigenvalue weighted by molar-refractivity contribution is 0.582. The van der Waals surface area contributed by atoms with Crippen molar-refractivity contribution in [3.8, 4) is 22.3 Å². The van der Waals surface area contributed by atoms with Gasteiger partial charge in [0, 0.05) is 20.2 Å². The molecule has 3 aliphatic rings. The van der Waals surface area contributed by atoms with E-state index in [4.69, 9.17) is 0 Å². The van der Waals surface area contributed by atoms with Gasteiger partial charge in [-0.1, -0.05) is 178 Å². The third kappa shape index (κ3) is 4.45. The fourth-order valence-corrected chi connectivity index (χ4v) is 12.1. The molecule has 11 rings (SSSR count). The Morgan fingerprint density at radius 2 is 0.702 bits per heavy atom. The van der Waals surface area contributed by atoms with Crippen LogP contribution in [0, 0.1) is 0 Å². The Labute approximate surface area is 342 Å². The van der Waals surface area contributed by atoms with Gasteiger partial charge < -0.3 is 0 Å². The van der Waals surface area contributed by atoms with Gasteiger partial charge in [-0.05, 0) is 124 Å². The number of thiophene rings is 1. The summed E-state index contributed by atoms with van der Waals surface area (Å²) in [5.41, 5.74) is 19.7. The molecule has 0 aliphatic heterocycles. The van der Waals surface area contributed by atoms with E-state index >= 15 is 0 Å². The topological polar surface area (TPSA) is 0 Å². The van der Waals surface area contributed by atoms with E-state index in [9.17, 15) is 0 Å². The number of benzene rings is 7. The average Bonchev–Trinajstić information content (AvgIpc) is 3.79. The molecule has 57 heavy (non-hydrogen) atoms. The molecule has 0 saturated carbocycles. The molecule has 7 aromatic carbocycles. The summed E-state index contributed by atoms with van der Waals surface area (Å²) < 4.78 is 2.71. The van der Waals surface area contributed by atoms with E-state index in [1.165, 1.54) is 104 Å². The smallest absolute Gasteiger partial charge is 0.0720 e. The highest BCUT2D eigenvalue weighted by Crippen LogP contribution is 2.68. The van der Waals surface area contributed by atoms with Gasteiger partial charge in [-0.2, -0.15) is 0 Å². The van der Waals surface area contributed by atoms with Crippen molar-refractivity contribution in [2.75, 3.05) is 0 Å². The van der Waals surface area contributed by atoms with Crippen LogP contribution in [0.15, 0.2) is 140 Å². The van der Waals surface area contributed by atoms with E-state index in [0.717, 1.165) is 0 Å². The molecule has 1 heterocycles. The van der Waals surface area contributed by atoms with Crippen LogP contribution in [0.1, 0.15) is 124 Å². The maximum absolute atomic E-state index is 2.66. The largest absolute Gasteiger partial charge is 0.135 e. The zero-order valence-electron chi connectivity index (χ0n) is 34.7. The SMILES string of the molecule is CC(C)(C)c1ccc2c(c1)C1(c3ccccc3-2)c2ccccc2C2(c3ccccc3-c3ccc(C(C)(C)C)cc32)c2cc3c(cc21)sc1ccc(C(C)(C)C)cc13. The van der Waals surface area contributed by atoms with Crippen molar-refractivity contribution in [2.24, 2.45) is 0 Å². The molecule has 2 unspecified atom stereocenters. The van der Waals surface area contributed by atoms with E-state index in [-0.39, 0.29) is 16.2 Å². The fourth-order valence-electron chi connectivity index (χ4n) is 11.0. The summed E-state index contributed by atoms with van der Waals surface area (Å²) in [5.74, 6) is 0. The Kier molecular flexibility index (Phi) is 6.89. The first kappa shape index (κ1) is 35.0. The summed E-state index contributed by atoms with van der Waals surface area (Å²) in [4.78, 5) is 0. The molecule has 0 N–H and O–H groups in total. The van der Waals surface area contributed by atoms with Crippen molar-refractivity contribution < 1.29 is 0 Å². The zero-order chi connectivity index (χ0) is 39.4. The molecule has 0 bridgehead atoms. The molecule has 2 atom stereocenters. The third-order valence-electron chi connectivity index (χ3n) is 13.8. The predicted octanol–water partition coefficient (Wildman–Crippen LogP) is 15.0. The lowest BCUT2D eigenvalue weighted by atomic mass is 9.52. The summed E-state index contributed by atoms with van der Waals surface area (Å²) in [6, 6.07) is 55.5. The second-order valence-electron chi connectivity index (χ2n) is 20.1. The van der Waals surface area contributed by atoms with E-state index in [1.54, 1.807) is 0 Å². The maximum atomic E-state index is 2.66. The summed E-state index contributed by atoms with van der Waals surface area (Å²) in [7, 11) is 0. The van der Waals surface area contributed by atoms with Crippen molar-refractivity contribution >= 4 is 31.5 Å². The van der Waals surface area contributed by atoms with Crippen LogP contribution in [-0.2, 0) is 27.1 Å². The molecule has 0 amide bonds. The van der Waals surface area contributed by atoms with Gasteiger partial charge in [0.05, 0.1) is 10.8 Å². The van der Waals surface area contributed by atoms with Crippen LogP contribution in [0.3, 0.4) is 0 Å². The first-order valence-electron chi connectivity index (χ1n) is 20.8. The minimum absolute atomic E-state index is 0.00386. The van der Waals surface area contributed by atoms with Crippen LogP contribution in [-0.4, -0.2) is 0 Å². The minimum Gasteiger partial charge on any atom is -0.135 e. The lowest BCUT2D eigenvalue weighted by Gasteiger charge is -2.49. The highest BCUT2D eigenvalue weighted by atomic mass is 32.1. The van der Waals surface area contributed by atoms with Crippen LogP contribution in [0.4, 0.5) is 0 Å². The Hall–Kier alpha value is -5.24. The zero-order valence-corrected chi connectivity index (χ0v) is 35.5. The van der Waals surface area contributed by atoms with E-state index in [1.807, 2.05) is 11.3 Å². The van der Waals surface area contributed by atoms with Gasteiger partial charge in [-0.3, -0.25) is 0 Å². The van der Waals surface area contributed by atoms with Gasteiger partial charge >= 0.3 is 0 Å². The molecule has 280 valence electrons. The molecule has 0 fully saturated rings. The second kappa shape index (κ2) is 11.2. The van der Waals surface area contributed by atoms with Gasteiger partial charge in [0.25, 0.3) is 0 Å². The van der Waals surface area contributed by atoms with Gasteiger partial charge in [-0.25, -0.2) is 0 Å². The maximum Gasteiger partial charge on any atom is 0.0720 e. The summed E-state index contributed by atoms with van der Waals surface area (Å²) in [6.07, 6.45) is 0. The molecular weight excluding hydrogens is 705 g/mol. The van der Waals surface area contributed by atoms with E-state index in [2.05, 4.69) is 202 Å². The molecule has 0 radical (unpaired) electrons. The molecule has 8 aromatic rings. The number of hydrogen-bond donors (Lipinski definition) is 0. The lowest BCUT2D eigenvalue weighted by Crippen LogP contribution is -2.44. The van der Waals surface area contributed by atoms with E-state index < -0.39 is 10.8 Å². The van der Waals surface area contributed by atoms with Gasteiger partial charge in [-0.15, -0.1) is 11.3 Å². The standard InChI is InChI=1S/C56H50S/c1-52(2,3)33-24-27-50-40(28-33)41-31-48-49(32-51(41)57-50)56(43-19-13-11-17-37(43)39-26-23-35(30-47(39)56)54(7,8)9)45-21-15-14-20-44(45)55(48)42-18-12-10-16-36(42)38-25-22-34(29-46(38)55)53(4,5)6/h10-32H,1-9H3. The molecule has 0 nitrogen and oxygen atoms in total. The van der Waals surface area contributed by atoms with Crippen LogP contribution in [0.2, 0.25) is 0 Å². The van der Waals surface area contributed by atoms with Crippen LogP contribution in [0.25, 0.3) is 42.4 Å². The Morgan fingerprint density at radius 3 is 1.19 bits per heavy atom. The van der Waals surface area contributed by atoms with Crippen molar-refractivity contribution in [3.05, 3.63) is 201 Å². The number of fused-ring (bicyclic) bond motifs is 19. The van der Waals surface area contributed by atoms with Gasteiger partial charge in [0.1, 0.15) is 0 Å². The molecule has 3 aliphatic carbocycles. The first-order valence-corrected chi connectivity index (χ1v) is 21.6.